The van der Waals surface area contributed by atoms with Crippen LogP contribution in [0.1, 0.15) is 11.4 Å². The SMILES string of the molecule is C#Cc1cccc(Nc2nc(C)nc3cc(NC(=O)CCl)ccc23)c1. The highest BCUT2D eigenvalue weighted by Crippen LogP contribution is 2.26. The summed E-state index contributed by atoms with van der Waals surface area (Å²) in [4.78, 5) is 20.4. The summed E-state index contributed by atoms with van der Waals surface area (Å²) in [6, 6.07) is 13.0. The fraction of sp³-hybridized carbons (Fsp3) is 0.105. The molecule has 2 N–H and O–H groups in total. The molecule has 3 aromatic rings. The second-order valence-electron chi connectivity index (χ2n) is 5.38. The minimum absolute atomic E-state index is 0.0981. The van der Waals surface area contributed by atoms with Crippen LogP contribution in [0, 0.1) is 19.3 Å². The topological polar surface area (TPSA) is 66.9 Å². The Kier molecular flexibility index (Phi) is 4.82. The van der Waals surface area contributed by atoms with Crippen molar-refractivity contribution in [1.82, 2.24) is 9.97 Å². The molecule has 5 nitrogen and oxygen atoms in total. The molecule has 0 unspecified atom stereocenters. The van der Waals surface area contributed by atoms with Crippen LogP contribution in [-0.4, -0.2) is 21.8 Å². The van der Waals surface area contributed by atoms with Crippen LogP contribution >= 0.6 is 11.6 Å². The van der Waals surface area contributed by atoms with Gasteiger partial charge in [-0.2, -0.15) is 0 Å². The molecule has 0 aliphatic carbocycles. The number of amides is 1. The van der Waals surface area contributed by atoms with Crippen molar-refractivity contribution in [1.29, 1.82) is 0 Å². The number of anilines is 3. The molecule has 25 heavy (non-hydrogen) atoms. The zero-order valence-corrected chi connectivity index (χ0v) is 14.3. The van der Waals surface area contributed by atoms with Crippen molar-refractivity contribution in [2.24, 2.45) is 0 Å². The number of halogens is 1. The van der Waals surface area contributed by atoms with Crippen LogP contribution in [0.3, 0.4) is 0 Å². The van der Waals surface area contributed by atoms with E-state index in [9.17, 15) is 4.79 Å². The number of nitrogens with one attached hydrogen (secondary N) is 2. The molecule has 1 amide bonds. The Morgan fingerprint density at radius 1 is 1.20 bits per heavy atom. The number of nitrogens with zero attached hydrogens (tertiary/aromatic N) is 2. The van der Waals surface area contributed by atoms with Crippen molar-refractivity contribution in [3.63, 3.8) is 0 Å². The minimum Gasteiger partial charge on any atom is -0.340 e. The van der Waals surface area contributed by atoms with Gasteiger partial charge in [-0.3, -0.25) is 4.79 Å². The summed E-state index contributed by atoms with van der Waals surface area (Å²) in [5.41, 5.74) is 2.98. The number of alkyl halides is 1. The van der Waals surface area contributed by atoms with E-state index in [4.69, 9.17) is 18.0 Å². The summed E-state index contributed by atoms with van der Waals surface area (Å²) in [5, 5.41) is 6.83. The summed E-state index contributed by atoms with van der Waals surface area (Å²) in [6.07, 6.45) is 5.45. The highest BCUT2D eigenvalue weighted by Gasteiger charge is 2.09. The van der Waals surface area contributed by atoms with Crippen LogP contribution in [0.4, 0.5) is 17.2 Å². The maximum Gasteiger partial charge on any atom is 0.239 e. The van der Waals surface area contributed by atoms with Gasteiger partial charge in [0.2, 0.25) is 5.91 Å². The van der Waals surface area contributed by atoms with Gasteiger partial charge in [0.25, 0.3) is 0 Å². The van der Waals surface area contributed by atoms with Gasteiger partial charge in [0.1, 0.15) is 17.5 Å². The highest BCUT2D eigenvalue weighted by atomic mass is 35.5. The largest absolute Gasteiger partial charge is 0.340 e. The lowest BCUT2D eigenvalue weighted by Gasteiger charge is -2.11. The van der Waals surface area contributed by atoms with Crippen molar-refractivity contribution >= 4 is 45.6 Å². The van der Waals surface area contributed by atoms with Crippen LogP contribution in [0.2, 0.25) is 0 Å². The molecule has 0 fully saturated rings. The van der Waals surface area contributed by atoms with Crippen molar-refractivity contribution < 1.29 is 4.79 Å². The molecule has 0 saturated heterocycles. The molecule has 6 heteroatoms. The second-order valence-corrected chi connectivity index (χ2v) is 5.65. The Morgan fingerprint density at radius 3 is 2.80 bits per heavy atom. The average Bonchev–Trinajstić information content (AvgIpc) is 2.61. The first kappa shape index (κ1) is 16.7. The fourth-order valence-electron chi connectivity index (χ4n) is 2.44. The standard InChI is InChI=1S/C19H15ClN4O/c1-3-13-5-4-6-14(9-13)24-19-16-8-7-15(23-18(25)11-20)10-17(16)21-12(2)22-19/h1,4-10H,11H2,2H3,(H,23,25)(H,21,22,24). The number of carbonyl (C=O) groups is 1. The summed E-state index contributed by atoms with van der Waals surface area (Å²) in [6.45, 7) is 1.81. The number of terminal acetylenes is 1. The molecular formula is C19H15ClN4O. The average molecular weight is 351 g/mol. The zero-order chi connectivity index (χ0) is 17.8. The maximum atomic E-state index is 11.4. The van der Waals surface area contributed by atoms with E-state index in [0.717, 1.165) is 22.2 Å². The van der Waals surface area contributed by atoms with E-state index in [1.165, 1.54) is 0 Å². The number of carbonyl (C=O) groups excluding carboxylic acids is 1. The van der Waals surface area contributed by atoms with Gasteiger partial charge in [-0.1, -0.05) is 12.0 Å². The predicted octanol–water partition coefficient (Wildman–Crippen LogP) is 3.84. The summed E-state index contributed by atoms with van der Waals surface area (Å²) in [7, 11) is 0. The fourth-order valence-corrected chi connectivity index (χ4v) is 2.50. The van der Waals surface area contributed by atoms with Gasteiger partial charge in [0, 0.05) is 22.3 Å². The third-order valence-corrected chi connectivity index (χ3v) is 3.75. The third kappa shape index (κ3) is 3.87. The number of aromatic nitrogens is 2. The van der Waals surface area contributed by atoms with Gasteiger partial charge in [-0.15, -0.1) is 18.0 Å². The van der Waals surface area contributed by atoms with E-state index in [1.807, 2.05) is 37.3 Å². The lowest BCUT2D eigenvalue weighted by atomic mass is 10.2. The molecule has 3 rings (SSSR count). The first-order chi connectivity index (χ1) is 12.1. The van der Waals surface area contributed by atoms with Gasteiger partial charge in [0.15, 0.2) is 0 Å². The van der Waals surface area contributed by atoms with Crippen LogP contribution in [0.5, 0.6) is 0 Å². The van der Waals surface area contributed by atoms with Crippen molar-refractivity contribution in [2.45, 2.75) is 6.92 Å². The Bertz CT molecular complexity index is 994. The highest BCUT2D eigenvalue weighted by molar-refractivity contribution is 6.29. The van der Waals surface area contributed by atoms with Crippen molar-refractivity contribution in [3.05, 3.63) is 53.9 Å². The Hall–Kier alpha value is -3.10. The first-order valence-corrected chi connectivity index (χ1v) is 8.10. The number of fused-ring (bicyclic) bond motifs is 1. The monoisotopic (exact) mass is 350 g/mol. The van der Waals surface area contributed by atoms with Crippen LogP contribution in [0.25, 0.3) is 10.9 Å². The lowest BCUT2D eigenvalue weighted by Crippen LogP contribution is -2.12. The van der Waals surface area contributed by atoms with E-state index in [-0.39, 0.29) is 11.8 Å². The Labute approximate surface area is 150 Å². The van der Waals surface area contributed by atoms with Gasteiger partial charge in [0.05, 0.1) is 5.52 Å². The zero-order valence-electron chi connectivity index (χ0n) is 13.5. The molecule has 0 radical (unpaired) electrons. The van der Waals surface area contributed by atoms with Gasteiger partial charge < -0.3 is 10.6 Å². The van der Waals surface area contributed by atoms with E-state index < -0.39 is 0 Å². The number of hydrogen-bond donors (Lipinski definition) is 2. The van der Waals surface area contributed by atoms with Gasteiger partial charge >= 0.3 is 0 Å². The Morgan fingerprint density at radius 2 is 2.04 bits per heavy atom. The van der Waals surface area contributed by atoms with E-state index in [0.29, 0.717) is 17.3 Å². The molecule has 124 valence electrons. The molecule has 0 atom stereocenters. The van der Waals surface area contributed by atoms with E-state index >= 15 is 0 Å². The van der Waals surface area contributed by atoms with E-state index in [1.54, 1.807) is 12.1 Å². The van der Waals surface area contributed by atoms with Crippen molar-refractivity contribution in [3.8, 4) is 12.3 Å². The van der Waals surface area contributed by atoms with Gasteiger partial charge in [-0.25, -0.2) is 9.97 Å². The normalized spacial score (nSPS) is 10.3. The Balaban J connectivity index is 2.00. The summed E-state index contributed by atoms with van der Waals surface area (Å²) < 4.78 is 0. The smallest absolute Gasteiger partial charge is 0.239 e. The second kappa shape index (κ2) is 7.20. The number of rotatable bonds is 4. The maximum absolute atomic E-state index is 11.4. The van der Waals surface area contributed by atoms with Crippen molar-refractivity contribution in [2.75, 3.05) is 16.5 Å². The minimum atomic E-state index is -0.267. The number of hydrogen-bond acceptors (Lipinski definition) is 4. The summed E-state index contributed by atoms with van der Waals surface area (Å²) in [5.74, 6) is 3.53. The lowest BCUT2D eigenvalue weighted by molar-refractivity contribution is -0.113. The summed E-state index contributed by atoms with van der Waals surface area (Å²) >= 11 is 5.52. The van der Waals surface area contributed by atoms with Crippen LogP contribution in [-0.2, 0) is 4.79 Å². The predicted molar refractivity (Wildman–Crippen MR) is 101 cm³/mol. The molecule has 0 saturated carbocycles. The quantitative estimate of drug-likeness (QED) is 0.554. The third-order valence-electron chi connectivity index (χ3n) is 3.51. The number of benzene rings is 2. The molecule has 0 bridgehead atoms. The molecule has 2 aromatic carbocycles. The molecule has 1 heterocycles. The molecule has 0 spiro atoms. The molecule has 0 aliphatic heterocycles. The van der Waals surface area contributed by atoms with Gasteiger partial charge in [-0.05, 0) is 43.3 Å². The number of aryl methyl sites for hydroxylation is 1. The van der Waals surface area contributed by atoms with E-state index in [2.05, 4.69) is 26.5 Å². The molecule has 1 aromatic heterocycles. The first-order valence-electron chi connectivity index (χ1n) is 7.57. The molecular weight excluding hydrogens is 336 g/mol. The van der Waals surface area contributed by atoms with Crippen LogP contribution in [0.15, 0.2) is 42.5 Å². The molecule has 0 aliphatic rings. The van der Waals surface area contributed by atoms with Crippen LogP contribution < -0.4 is 10.6 Å².